The number of nitrogens with zero attached hydrogens (tertiary/aromatic N) is 1. The van der Waals surface area contributed by atoms with E-state index in [1.807, 2.05) is 0 Å². The Morgan fingerprint density at radius 1 is 1.28 bits per heavy atom. The molecule has 0 atom stereocenters. The minimum Gasteiger partial charge on any atom is -0.465 e. The maximum atomic E-state index is 11.9. The minimum absolute atomic E-state index is 0.0143. The fourth-order valence-corrected chi connectivity index (χ4v) is 2.82. The third kappa shape index (κ3) is 2.70. The molecule has 1 heterocycles. The van der Waals surface area contributed by atoms with Crippen LogP contribution in [0.4, 0.5) is 4.79 Å². The molecular weight excluding hydrogens is 254 g/mol. The molecule has 0 saturated carbocycles. The molecule has 1 N–H and O–H groups in total. The van der Waals surface area contributed by atoms with Gasteiger partial charge in [0.15, 0.2) is 9.84 Å². The van der Waals surface area contributed by atoms with Gasteiger partial charge in [-0.3, -0.25) is 0 Å². The maximum absolute atomic E-state index is 11.9. The van der Waals surface area contributed by atoms with Gasteiger partial charge >= 0.3 is 6.09 Å². The number of amides is 1. The first-order valence-electron chi connectivity index (χ1n) is 5.45. The summed E-state index contributed by atoms with van der Waals surface area (Å²) in [5.41, 5.74) is 0. The molecule has 1 aliphatic heterocycles. The van der Waals surface area contributed by atoms with Gasteiger partial charge < -0.3 is 10.0 Å². The highest BCUT2D eigenvalue weighted by Crippen LogP contribution is 2.19. The average molecular weight is 267 g/mol. The zero-order chi connectivity index (χ0) is 13.2. The predicted molar refractivity (Wildman–Crippen MR) is 65.9 cm³/mol. The number of sulfone groups is 1. The zero-order valence-electron chi connectivity index (χ0n) is 9.56. The van der Waals surface area contributed by atoms with Gasteiger partial charge in [-0.25, -0.2) is 13.2 Å². The van der Waals surface area contributed by atoms with E-state index in [4.69, 9.17) is 5.11 Å². The minimum atomic E-state index is -3.42. The molecule has 1 aliphatic rings. The number of hydrogen-bond donors (Lipinski definition) is 1. The van der Waals surface area contributed by atoms with Crippen molar-refractivity contribution in [2.24, 2.45) is 5.92 Å². The summed E-state index contributed by atoms with van der Waals surface area (Å²) in [6.07, 6.45) is 0.590. The van der Waals surface area contributed by atoms with Crippen LogP contribution in [0.5, 0.6) is 0 Å². The molecular formula is C12H13NO4S. The Labute approximate surface area is 105 Å². The van der Waals surface area contributed by atoms with Crippen LogP contribution in [-0.2, 0) is 9.84 Å². The van der Waals surface area contributed by atoms with Crippen LogP contribution in [-0.4, -0.2) is 37.6 Å². The highest BCUT2D eigenvalue weighted by Gasteiger charge is 2.28. The van der Waals surface area contributed by atoms with Crippen LogP contribution in [0.1, 0.15) is 0 Å². The molecule has 1 amide bonds. The normalized spacial score (nSPS) is 16.8. The van der Waals surface area contributed by atoms with E-state index < -0.39 is 15.9 Å². The monoisotopic (exact) mass is 267 g/mol. The molecule has 0 aromatic heterocycles. The van der Waals surface area contributed by atoms with Gasteiger partial charge in [0.2, 0.25) is 0 Å². The fraction of sp³-hybridized carbons (Fsp3) is 0.250. The van der Waals surface area contributed by atoms with E-state index in [1.54, 1.807) is 24.3 Å². The quantitative estimate of drug-likeness (QED) is 0.902. The third-order valence-corrected chi connectivity index (χ3v) is 4.23. The lowest BCUT2D eigenvalue weighted by Crippen LogP contribution is -2.48. The highest BCUT2D eigenvalue weighted by molar-refractivity contribution is 7.94. The Bertz CT molecular complexity index is 559. The number of benzene rings is 1. The van der Waals surface area contributed by atoms with Gasteiger partial charge in [0.1, 0.15) is 0 Å². The molecule has 1 saturated heterocycles. The van der Waals surface area contributed by atoms with Gasteiger partial charge in [0, 0.05) is 24.4 Å². The van der Waals surface area contributed by atoms with Gasteiger partial charge in [-0.2, -0.15) is 0 Å². The predicted octanol–water partition coefficient (Wildman–Crippen LogP) is 1.58. The molecule has 0 radical (unpaired) electrons. The molecule has 0 aliphatic carbocycles. The number of rotatable bonds is 3. The number of hydrogen-bond acceptors (Lipinski definition) is 3. The van der Waals surface area contributed by atoms with Gasteiger partial charge in [-0.1, -0.05) is 24.3 Å². The Morgan fingerprint density at radius 2 is 1.89 bits per heavy atom. The van der Waals surface area contributed by atoms with E-state index in [2.05, 4.69) is 0 Å². The van der Waals surface area contributed by atoms with Gasteiger partial charge in [0.05, 0.1) is 4.90 Å². The number of carboxylic acid groups (broad SMARTS) is 1. The number of carbonyl (C=O) groups is 1. The second kappa shape index (κ2) is 4.81. The number of likely N-dealkylation sites (tertiary alicyclic amines) is 1. The molecule has 2 rings (SSSR count). The van der Waals surface area contributed by atoms with Crippen LogP contribution in [0.2, 0.25) is 0 Å². The largest absolute Gasteiger partial charge is 0.465 e. The molecule has 6 heteroatoms. The average Bonchev–Trinajstić information content (AvgIpc) is 2.27. The summed E-state index contributed by atoms with van der Waals surface area (Å²) in [5, 5.41) is 9.80. The Kier molecular flexibility index (Phi) is 3.38. The van der Waals surface area contributed by atoms with E-state index in [9.17, 15) is 13.2 Å². The summed E-state index contributed by atoms with van der Waals surface area (Å²) in [7, 11) is -3.42. The second-order valence-corrected chi connectivity index (χ2v) is 5.97. The molecule has 5 nitrogen and oxygen atoms in total. The maximum Gasteiger partial charge on any atom is 0.407 e. The summed E-state index contributed by atoms with van der Waals surface area (Å²) in [6.45, 7) is 0.715. The highest BCUT2D eigenvalue weighted by atomic mass is 32.2. The molecule has 96 valence electrons. The lowest BCUT2D eigenvalue weighted by molar-refractivity contribution is 0.0974. The van der Waals surface area contributed by atoms with Crippen molar-refractivity contribution in [1.29, 1.82) is 0 Å². The van der Waals surface area contributed by atoms with E-state index in [-0.39, 0.29) is 10.8 Å². The van der Waals surface area contributed by atoms with Crippen LogP contribution >= 0.6 is 0 Å². The van der Waals surface area contributed by atoms with E-state index in [1.165, 1.54) is 17.0 Å². The first kappa shape index (κ1) is 12.6. The van der Waals surface area contributed by atoms with Gasteiger partial charge in [-0.15, -0.1) is 0 Å². The molecule has 0 bridgehead atoms. The molecule has 18 heavy (non-hydrogen) atoms. The van der Waals surface area contributed by atoms with E-state index in [0.29, 0.717) is 13.1 Å². The van der Waals surface area contributed by atoms with E-state index >= 15 is 0 Å². The first-order valence-corrected chi connectivity index (χ1v) is 7.00. The third-order valence-electron chi connectivity index (χ3n) is 2.78. The topological polar surface area (TPSA) is 74.7 Å². The summed E-state index contributed by atoms with van der Waals surface area (Å²) in [6, 6.07) is 8.14. The molecule has 0 spiro atoms. The summed E-state index contributed by atoms with van der Waals surface area (Å²) in [5.74, 6) is -0.0143. The zero-order valence-corrected chi connectivity index (χ0v) is 10.4. The van der Waals surface area contributed by atoms with Crippen LogP contribution in [0.15, 0.2) is 46.7 Å². The van der Waals surface area contributed by atoms with Crippen molar-refractivity contribution in [3.05, 3.63) is 41.8 Å². The summed E-state index contributed by atoms with van der Waals surface area (Å²) in [4.78, 5) is 12.0. The summed E-state index contributed by atoms with van der Waals surface area (Å²) >= 11 is 0. The standard InChI is InChI=1S/C12H13NO4S/c14-12(15)13-8-10(9-13)6-7-18(16,17)11-4-2-1-3-5-11/h1-7,10H,8-9H2,(H,14,15). The molecule has 1 aromatic rings. The summed E-state index contributed by atoms with van der Waals surface area (Å²) < 4.78 is 23.8. The van der Waals surface area contributed by atoms with Crippen LogP contribution in [0.25, 0.3) is 0 Å². The van der Waals surface area contributed by atoms with Crippen molar-refractivity contribution >= 4 is 15.9 Å². The van der Waals surface area contributed by atoms with Crippen molar-refractivity contribution < 1.29 is 18.3 Å². The lowest BCUT2D eigenvalue weighted by atomic mass is 10.0. The Morgan fingerprint density at radius 3 is 2.44 bits per heavy atom. The van der Waals surface area contributed by atoms with Crippen molar-refractivity contribution in [2.45, 2.75) is 4.90 Å². The van der Waals surface area contributed by atoms with E-state index in [0.717, 1.165) is 5.41 Å². The lowest BCUT2D eigenvalue weighted by Gasteiger charge is -2.35. The van der Waals surface area contributed by atoms with Crippen LogP contribution in [0, 0.1) is 5.92 Å². The smallest absolute Gasteiger partial charge is 0.407 e. The molecule has 1 fully saturated rings. The Balaban J connectivity index is 2.00. The van der Waals surface area contributed by atoms with Crippen LogP contribution in [0.3, 0.4) is 0 Å². The van der Waals surface area contributed by atoms with Gasteiger partial charge in [-0.05, 0) is 12.1 Å². The van der Waals surface area contributed by atoms with Crippen LogP contribution < -0.4 is 0 Å². The molecule has 0 unspecified atom stereocenters. The van der Waals surface area contributed by atoms with Gasteiger partial charge in [0.25, 0.3) is 0 Å². The first-order chi connectivity index (χ1) is 8.49. The fourth-order valence-electron chi connectivity index (χ4n) is 1.69. The Hall–Kier alpha value is -1.82. The second-order valence-electron chi connectivity index (χ2n) is 4.13. The van der Waals surface area contributed by atoms with Crippen molar-refractivity contribution in [2.75, 3.05) is 13.1 Å². The van der Waals surface area contributed by atoms with Crippen molar-refractivity contribution in [3.63, 3.8) is 0 Å². The van der Waals surface area contributed by atoms with Crippen molar-refractivity contribution in [1.82, 2.24) is 4.90 Å². The SMILES string of the molecule is O=C(O)N1CC(C=CS(=O)(=O)c2ccccc2)C1. The van der Waals surface area contributed by atoms with Crippen molar-refractivity contribution in [3.8, 4) is 0 Å². The molecule has 1 aromatic carbocycles.